The summed E-state index contributed by atoms with van der Waals surface area (Å²) >= 11 is 0. The molecule has 1 aliphatic heterocycles. The Balaban J connectivity index is 1.26. The van der Waals surface area contributed by atoms with Crippen molar-refractivity contribution < 1.29 is 19.1 Å². The lowest BCUT2D eigenvalue weighted by molar-refractivity contribution is -0.125. The summed E-state index contributed by atoms with van der Waals surface area (Å²) in [6.07, 6.45) is 5.71. The maximum Gasteiger partial charge on any atom is 0.339 e. The van der Waals surface area contributed by atoms with Crippen molar-refractivity contribution in [3.63, 3.8) is 0 Å². The van der Waals surface area contributed by atoms with Crippen LogP contribution in [-0.4, -0.2) is 66.8 Å². The van der Waals surface area contributed by atoms with Crippen molar-refractivity contribution in [2.75, 3.05) is 39.5 Å². The highest BCUT2D eigenvalue weighted by Gasteiger charge is 2.38. The molecule has 2 aliphatic rings. The summed E-state index contributed by atoms with van der Waals surface area (Å²) in [5, 5.41) is 3.77. The van der Waals surface area contributed by atoms with E-state index >= 15 is 0 Å². The van der Waals surface area contributed by atoms with Gasteiger partial charge in [-0.25, -0.2) is 9.78 Å². The number of morpholine rings is 1. The van der Waals surface area contributed by atoms with Gasteiger partial charge >= 0.3 is 5.97 Å². The number of benzene rings is 2. The first-order chi connectivity index (χ1) is 17.6. The molecule has 0 unspecified atom stereocenters. The third kappa shape index (κ3) is 5.42. The molecule has 2 fully saturated rings. The molecular weight excluding hydrogens is 454 g/mol. The van der Waals surface area contributed by atoms with Crippen LogP contribution in [0.4, 0.5) is 0 Å². The predicted molar refractivity (Wildman–Crippen MR) is 139 cm³/mol. The molecule has 2 aromatic carbocycles. The minimum atomic E-state index is -0.526. The predicted octanol–water partition coefficient (Wildman–Crippen LogP) is 4.21. The molecule has 7 heteroatoms. The van der Waals surface area contributed by atoms with E-state index in [0.717, 1.165) is 44.7 Å². The molecule has 0 spiro atoms. The van der Waals surface area contributed by atoms with Crippen LogP contribution < -0.4 is 5.32 Å². The van der Waals surface area contributed by atoms with Crippen molar-refractivity contribution >= 4 is 22.8 Å². The number of ether oxygens (including phenoxy) is 2. The fraction of sp³-hybridized carbons (Fsp3) is 0.414. The van der Waals surface area contributed by atoms with Crippen molar-refractivity contribution in [2.45, 2.75) is 37.6 Å². The van der Waals surface area contributed by atoms with Crippen LogP contribution in [0.15, 0.2) is 60.7 Å². The number of hydrogen-bond acceptors (Lipinski definition) is 6. The summed E-state index contributed by atoms with van der Waals surface area (Å²) in [7, 11) is 0. The van der Waals surface area contributed by atoms with E-state index in [-0.39, 0.29) is 18.1 Å². The van der Waals surface area contributed by atoms with Crippen LogP contribution in [0, 0.1) is 0 Å². The molecule has 0 radical (unpaired) electrons. The number of amides is 1. The Kier molecular flexibility index (Phi) is 7.58. The first-order valence-corrected chi connectivity index (χ1v) is 12.9. The van der Waals surface area contributed by atoms with Gasteiger partial charge in [0.05, 0.1) is 30.0 Å². The van der Waals surface area contributed by atoms with Crippen molar-refractivity contribution in [3.05, 3.63) is 66.2 Å². The number of fused-ring (bicyclic) bond motifs is 1. The summed E-state index contributed by atoms with van der Waals surface area (Å²) in [5.41, 5.74) is 2.68. The van der Waals surface area contributed by atoms with Gasteiger partial charge in [-0.1, -0.05) is 67.8 Å². The molecule has 188 valence electrons. The van der Waals surface area contributed by atoms with E-state index in [1.165, 1.54) is 19.3 Å². The molecule has 2 heterocycles. The van der Waals surface area contributed by atoms with Gasteiger partial charge < -0.3 is 14.8 Å². The Morgan fingerprint density at radius 1 is 0.972 bits per heavy atom. The van der Waals surface area contributed by atoms with Crippen molar-refractivity contribution in [1.29, 1.82) is 0 Å². The Morgan fingerprint density at radius 3 is 2.47 bits per heavy atom. The molecule has 3 aromatic rings. The van der Waals surface area contributed by atoms with Crippen LogP contribution in [0.3, 0.4) is 0 Å². The maximum atomic E-state index is 13.1. The minimum Gasteiger partial charge on any atom is -0.452 e. The van der Waals surface area contributed by atoms with Gasteiger partial charge in [0.2, 0.25) is 0 Å². The van der Waals surface area contributed by atoms with Gasteiger partial charge in [-0.05, 0) is 25.0 Å². The fourth-order valence-electron chi connectivity index (χ4n) is 5.48. The zero-order chi connectivity index (χ0) is 24.8. The Morgan fingerprint density at radius 2 is 1.69 bits per heavy atom. The van der Waals surface area contributed by atoms with Crippen molar-refractivity contribution in [2.24, 2.45) is 0 Å². The highest BCUT2D eigenvalue weighted by atomic mass is 16.5. The number of hydrogen-bond donors (Lipinski definition) is 1. The Labute approximate surface area is 211 Å². The number of nitrogens with one attached hydrogen (secondary N) is 1. The number of esters is 1. The van der Waals surface area contributed by atoms with Gasteiger partial charge in [0.25, 0.3) is 5.91 Å². The van der Waals surface area contributed by atoms with E-state index in [1.807, 2.05) is 54.6 Å². The highest BCUT2D eigenvalue weighted by molar-refractivity contribution is 6.05. The van der Waals surface area contributed by atoms with Crippen LogP contribution in [0.1, 0.15) is 42.5 Å². The van der Waals surface area contributed by atoms with E-state index in [4.69, 9.17) is 14.5 Å². The number of pyridine rings is 1. The molecule has 1 aromatic heterocycles. The zero-order valence-corrected chi connectivity index (χ0v) is 20.6. The average molecular weight is 488 g/mol. The van der Waals surface area contributed by atoms with Crippen LogP contribution in [0.2, 0.25) is 0 Å². The third-order valence-corrected chi connectivity index (χ3v) is 7.42. The first kappa shape index (κ1) is 24.4. The fourth-order valence-corrected chi connectivity index (χ4v) is 5.48. The van der Waals surface area contributed by atoms with Gasteiger partial charge in [0.15, 0.2) is 6.61 Å². The molecule has 0 atom stereocenters. The molecule has 0 bridgehead atoms. The highest BCUT2D eigenvalue weighted by Crippen LogP contribution is 2.34. The summed E-state index contributed by atoms with van der Waals surface area (Å²) < 4.78 is 11.0. The molecule has 1 saturated heterocycles. The Bertz CT molecular complexity index is 1200. The van der Waals surface area contributed by atoms with Gasteiger partial charge in [-0.2, -0.15) is 0 Å². The zero-order valence-electron chi connectivity index (χ0n) is 20.6. The van der Waals surface area contributed by atoms with E-state index in [9.17, 15) is 9.59 Å². The number of carbonyl (C=O) groups excluding carboxylic acids is 2. The first-order valence-electron chi connectivity index (χ1n) is 12.9. The summed E-state index contributed by atoms with van der Waals surface area (Å²) in [4.78, 5) is 33.1. The molecule has 36 heavy (non-hydrogen) atoms. The summed E-state index contributed by atoms with van der Waals surface area (Å²) in [6.45, 7) is 3.51. The molecule has 1 N–H and O–H groups in total. The van der Waals surface area contributed by atoms with E-state index in [1.54, 1.807) is 6.07 Å². The molecule has 5 rings (SSSR count). The van der Waals surface area contributed by atoms with Crippen LogP contribution >= 0.6 is 0 Å². The normalized spacial score (nSPS) is 18.0. The van der Waals surface area contributed by atoms with Crippen LogP contribution in [0.25, 0.3) is 22.2 Å². The largest absolute Gasteiger partial charge is 0.452 e. The molecule has 1 saturated carbocycles. The van der Waals surface area contributed by atoms with Crippen LogP contribution in [0.5, 0.6) is 0 Å². The topological polar surface area (TPSA) is 80.8 Å². The molecular formula is C29H33N3O4. The average Bonchev–Trinajstić information content (AvgIpc) is 2.95. The second-order valence-electron chi connectivity index (χ2n) is 9.68. The molecule has 1 aliphatic carbocycles. The monoisotopic (exact) mass is 487 g/mol. The van der Waals surface area contributed by atoms with E-state index < -0.39 is 5.97 Å². The lowest BCUT2D eigenvalue weighted by Crippen LogP contribution is -2.59. The van der Waals surface area contributed by atoms with Gasteiger partial charge in [0.1, 0.15) is 0 Å². The number of aromatic nitrogens is 1. The number of nitrogens with zero attached hydrogens (tertiary/aromatic N) is 2. The maximum absolute atomic E-state index is 13.1. The standard InChI is InChI=1S/C29H33N3O4/c33-27(30-21-29(13-7-2-8-14-29)32-15-17-35-18-16-32)20-36-28(34)24-19-26(22-9-3-1-4-10-22)31-25-12-6-5-11-23(24)25/h1,3-6,9-12,19H,2,7-8,13-18,20-21H2,(H,30,33). The molecule has 7 nitrogen and oxygen atoms in total. The second kappa shape index (κ2) is 11.2. The smallest absolute Gasteiger partial charge is 0.339 e. The number of rotatable bonds is 7. The second-order valence-corrected chi connectivity index (χ2v) is 9.68. The van der Waals surface area contributed by atoms with Gasteiger partial charge in [-0.15, -0.1) is 0 Å². The number of carbonyl (C=O) groups is 2. The van der Waals surface area contributed by atoms with E-state index in [0.29, 0.717) is 28.7 Å². The lowest BCUT2D eigenvalue weighted by Gasteiger charge is -2.48. The van der Waals surface area contributed by atoms with E-state index in [2.05, 4.69) is 10.2 Å². The lowest BCUT2D eigenvalue weighted by atomic mass is 9.79. The van der Waals surface area contributed by atoms with Gasteiger partial charge in [0, 0.05) is 36.1 Å². The third-order valence-electron chi connectivity index (χ3n) is 7.42. The number of para-hydroxylation sites is 1. The summed E-state index contributed by atoms with van der Waals surface area (Å²) in [6, 6.07) is 18.9. The van der Waals surface area contributed by atoms with Crippen molar-refractivity contribution in [1.82, 2.24) is 15.2 Å². The quantitative estimate of drug-likeness (QED) is 0.503. The van der Waals surface area contributed by atoms with Crippen LogP contribution in [-0.2, 0) is 14.3 Å². The minimum absolute atomic E-state index is 0.0341. The summed E-state index contributed by atoms with van der Waals surface area (Å²) in [5.74, 6) is -0.801. The Hall–Kier alpha value is -3.29. The SMILES string of the molecule is O=C(COC(=O)c1cc(-c2ccccc2)nc2ccccc12)NCC1(N2CCOCC2)CCCCC1. The van der Waals surface area contributed by atoms with Crippen molar-refractivity contribution in [3.8, 4) is 11.3 Å². The molecule has 1 amide bonds. The van der Waals surface area contributed by atoms with Gasteiger partial charge in [-0.3, -0.25) is 9.69 Å².